The van der Waals surface area contributed by atoms with Gasteiger partial charge in [-0.05, 0) is 167 Å². The number of thiophene rings is 2. The summed E-state index contributed by atoms with van der Waals surface area (Å²) in [6.45, 7) is 6.69. The fourth-order valence-electron chi connectivity index (χ4n) is 13.6. The lowest BCUT2D eigenvalue weighted by molar-refractivity contribution is -0.166. The van der Waals surface area contributed by atoms with Gasteiger partial charge in [0.1, 0.15) is 30.9 Å². The Kier molecular flexibility index (Phi) is 22.3. The number of amides is 4. The van der Waals surface area contributed by atoms with Gasteiger partial charge in [-0.2, -0.15) is 26.3 Å². The Hall–Kier alpha value is -6.32. The fourth-order valence-corrected chi connectivity index (χ4v) is 15.3. The van der Waals surface area contributed by atoms with Gasteiger partial charge in [-0.25, -0.2) is 9.18 Å². The molecule has 0 radical (unpaired) electrons. The summed E-state index contributed by atoms with van der Waals surface area (Å²) >= 11 is 2.62. The molecule has 92 heavy (non-hydrogen) atoms. The number of ether oxygens (including phenoxy) is 3. The molecule has 0 saturated carbocycles. The number of alkyl halides is 6. The smallest absolute Gasteiger partial charge is 0.416 e. The third-order valence-corrected chi connectivity index (χ3v) is 21.0. The Bertz CT molecular complexity index is 3240. The first kappa shape index (κ1) is 68.5. The molecule has 10 rings (SSSR count). The van der Waals surface area contributed by atoms with Gasteiger partial charge in [0.05, 0.1) is 33.5 Å². The first-order chi connectivity index (χ1) is 44.0. The number of nitrogens with zero attached hydrogens (tertiary/aromatic N) is 5. The third-order valence-electron chi connectivity index (χ3n) is 19.0. The van der Waals surface area contributed by atoms with Crippen molar-refractivity contribution in [3.63, 3.8) is 0 Å². The Labute approximate surface area is 539 Å². The number of fused-ring (bicyclic) bond motifs is 2. The number of carbonyl (C=O) groups excluding carboxylic acids is 5. The van der Waals surface area contributed by atoms with Gasteiger partial charge in [0.25, 0.3) is 5.91 Å². The fraction of sp³-hybridized carbons (Fsp3) is 0.537. The van der Waals surface area contributed by atoms with Crippen LogP contribution in [0.3, 0.4) is 0 Å². The number of esters is 1. The minimum atomic E-state index is -5.15. The predicted molar refractivity (Wildman–Crippen MR) is 332 cm³/mol. The van der Waals surface area contributed by atoms with E-state index in [9.17, 15) is 59.8 Å². The van der Waals surface area contributed by atoms with Crippen molar-refractivity contribution in [3.05, 3.63) is 151 Å². The molecule has 0 bridgehead atoms. The van der Waals surface area contributed by atoms with E-state index in [0.717, 1.165) is 74.3 Å². The van der Waals surface area contributed by atoms with Crippen molar-refractivity contribution < 1.29 is 74.0 Å². The highest BCUT2D eigenvalue weighted by Crippen LogP contribution is 2.49. The maximum absolute atomic E-state index is 14.2. The van der Waals surface area contributed by atoms with Crippen LogP contribution in [0.2, 0.25) is 0 Å². The van der Waals surface area contributed by atoms with E-state index in [-0.39, 0.29) is 61.5 Å². The van der Waals surface area contributed by atoms with Gasteiger partial charge < -0.3 is 49.6 Å². The first-order valence-corrected chi connectivity index (χ1v) is 33.4. The average molecular weight is 1320 g/mol. The molecule has 5 aliphatic rings. The van der Waals surface area contributed by atoms with Gasteiger partial charge >= 0.3 is 18.3 Å². The number of benzene rings is 3. The number of hydrogen-bond donors (Lipinski definition) is 3. The molecule has 5 aromatic rings. The molecule has 25 heteroatoms. The Morgan fingerprint density at radius 3 is 2.05 bits per heavy atom. The minimum Gasteiger partial charge on any atom is -0.458 e. The van der Waals surface area contributed by atoms with Crippen LogP contribution in [0, 0.1) is 11.7 Å². The molecule has 4 saturated heterocycles. The number of aliphatic hydroxyl groups is 1. The van der Waals surface area contributed by atoms with E-state index in [4.69, 9.17) is 14.2 Å². The van der Waals surface area contributed by atoms with Gasteiger partial charge in [-0.1, -0.05) is 55.0 Å². The predicted octanol–water partition coefficient (Wildman–Crippen LogP) is 9.58. The number of piperidine rings is 2. The van der Waals surface area contributed by atoms with Crippen LogP contribution in [0.4, 0.5) is 30.7 Å². The molecule has 4 aliphatic heterocycles. The lowest BCUT2D eigenvalue weighted by Gasteiger charge is -2.44. The summed E-state index contributed by atoms with van der Waals surface area (Å²) in [7, 11) is 1.82. The zero-order valence-corrected chi connectivity index (χ0v) is 53.2. The number of unbranched alkanes of at least 4 members (excludes halogenated alkanes) is 2. The topological polar surface area (TPSA) is 174 Å². The number of likely N-dealkylation sites (tertiary alicyclic amines) is 3. The number of nitrogens with one attached hydrogen (secondary N) is 2. The third kappa shape index (κ3) is 16.4. The van der Waals surface area contributed by atoms with Gasteiger partial charge in [0, 0.05) is 76.2 Å². The van der Waals surface area contributed by atoms with Crippen molar-refractivity contribution in [1.82, 2.24) is 35.1 Å². The zero-order valence-electron chi connectivity index (χ0n) is 51.6. The van der Waals surface area contributed by atoms with Crippen molar-refractivity contribution in [2.45, 2.75) is 118 Å². The zero-order chi connectivity index (χ0) is 65.3. The van der Waals surface area contributed by atoms with E-state index >= 15 is 0 Å². The molecule has 1 aliphatic carbocycles. The molecule has 0 unspecified atom stereocenters. The molecular weight excluding hydrogens is 1240 g/mol. The standard InChI is InChI=1S/C67H80F7N7O9S2/c1-77(34-35-80-30-21-53(42-80)90-62(86)65(87,56-12-7-36-91-56)57-13-8-37-92-57)59(83)14-3-2-6-27-78-28-19-46(20-29-78)60(84)76-26-9-25-75-58(82)43-88-55-40-47-10-4-5-11-54(47)63(55)22-31-79(32-23-63)33-24-64(49-15-17-52(68)18-16-49)44-81(45-89-64)61(85)48-38-50(66(69,70)71)41-51(39-48)67(72,73)74/h4-5,7-8,10-13,15-18,36-39,41,46,53,55,87H,2-3,6,9,14,19-35,40,42-45H2,1H3,(H,75,82)(H,76,84)/t53-,55+,64+/m1/s1. The SMILES string of the molecule is CN(CCN1CC[C@@H](OC(=O)C(O)(c2cccs2)c2cccs2)C1)C(=O)CCCCCN1CCC(C(=O)NCCCNC(=O)CO[C@H]2Cc3ccccc3C23CCN(CC[C@@]2(c4ccc(F)cc4)CN(C(=O)c4cc(C(F)(F)F)cc(C(F)(F)F)c4)CO2)CC3)CC1. The van der Waals surface area contributed by atoms with Crippen LogP contribution in [-0.2, 0) is 68.8 Å². The second-order valence-corrected chi connectivity index (χ2v) is 26.9. The van der Waals surface area contributed by atoms with Crippen molar-refractivity contribution in [2.75, 3.05) is 105 Å². The second-order valence-electron chi connectivity index (χ2n) is 25.0. The summed E-state index contributed by atoms with van der Waals surface area (Å²) in [5.74, 6) is -2.50. The van der Waals surface area contributed by atoms with E-state index < -0.39 is 70.1 Å². The Morgan fingerprint density at radius 2 is 1.39 bits per heavy atom. The van der Waals surface area contributed by atoms with Gasteiger partial charge in [-0.15, -0.1) is 22.7 Å². The highest BCUT2D eigenvalue weighted by Gasteiger charge is 2.51. The maximum Gasteiger partial charge on any atom is 0.416 e. The van der Waals surface area contributed by atoms with Crippen molar-refractivity contribution >= 4 is 52.3 Å². The molecule has 3 atom stereocenters. The highest BCUT2D eigenvalue weighted by molar-refractivity contribution is 7.12. The molecule has 6 heterocycles. The van der Waals surface area contributed by atoms with Crippen LogP contribution in [0.15, 0.2) is 102 Å². The summed E-state index contributed by atoms with van der Waals surface area (Å²) in [6.07, 6.45) is -2.83. The summed E-state index contributed by atoms with van der Waals surface area (Å²) in [4.78, 5) is 77.2. The highest BCUT2D eigenvalue weighted by atomic mass is 32.1. The Balaban J connectivity index is 0.592. The van der Waals surface area contributed by atoms with E-state index in [1.165, 1.54) is 46.9 Å². The number of rotatable bonds is 26. The quantitative estimate of drug-likeness (QED) is 0.0272. The monoisotopic (exact) mass is 1320 g/mol. The molecule has 498 valence electrons. The molecule has 4 amide bonds. The molecule has 2 aromatic heterocycles. The minimum absolute atomic E-state index is 0.0166. The lowest BCUT2D eigenvalue weighted by atomic mass is 9.72. The van der Waals surface area contributed by atoms with Crippen LogP contribution < -0.4 is 10.6 Å². The van der Waals surface area contributed by atoms with Gasteiger partial charge in [0.2, 0.25) is 23.3 Å². The molecule has 3 aromatic carbocycles. The van der Waals surface area contributed by atoms with Crippen LogP contribution in [0.25, 0.3) is 0 Å². The van der Waals surface area contributed by atoms with E-state index in [0.29, 0.717) is 118 Å². The summed E-state index contributed by atoms with van der Waals surface area (Å²) in [5.41, 5.74) is -4.69. The number of halogens is 7. The molecular formula is C67H80F7N7O9S2. The molecule has 1 spiro atoms. The van der Waals surface area contributed by atoms with Crippen LogP contribution in [-0.4, -0.2) is 177 Å². The van der Waals surface area contributed by atoms with Crippen molar-refractivity contribution in [2.24, 2.45) is 5.92 Å². The Morgan fingerprint density at radius 1 is 0.739 bits per heavy atom. The lowest BCUT2D eigenvalue weighted by Crippen LogP contribution is -2.49. The average Bonchev–Trinajstić information content (AvgIpc) is 1.58. The van der Waals surface area contributed by atoms with E-state index in [1.807, 2.05) is 29.9 Å². The summed E-state index contributed by atoms with van der Waals surface area (Å²) < 4.78 is 115. The largest absolute Gasteiger partial charge is 0.458 e. The molecule has 3 N–H and O–H groups in total. The normalized spacial score (nSPS) is 20.8. The van der Waals surface area contributed by atoms with Gasteiger partial charge in [-0.3, -0.25) is 24.1 Å². The second kappa shape index (κ2) is 30.0. The summed E-state index contributed by atoms with van der Waals surface area (Å²) in [6, 6.07) is 21.5. The van der Waals surface area contributed by atoms with Crippen LogP contribution in [0.1, 0.15) is 119 Å². The maximum atomic E-state index is 14.2. The van der Waals surface area contributed by atoms with Gasteiger partial charge in [0.15, 0.2) is 0 Å². The van der Waals surface area contributed by atoms with Crippen LogP contribution >= 0.6 is 22.7 Å². The number of carbonyl (C=O) groups is 5. The van der Waals surface area contributed by atoms with E-state index in [1.54, 1.807) is 29.2 Å². The van der Waals surface area contributed by atoms with Crippen molar-refractivity contribution in [3.8, 4) is 0 Å². The number of likely N-dealkylation sites (N-methyl/N-ethyl adjacent to an activating group) is 1. The molecule has 4 fully saturated rings. The first-order valence-electron chi connectivity index (χ1n) is 31.7. The van der Waals surface area contributed by atoms with E-state index in [2.05, 4.69) is 37.5 Å². The summed E-state index contributed by atoms with van der Waals surface area (Å²) in [5, 5.41) is 21.2. The number of hydrogen-bond acceptors (Lipinski definition) is 14. The van der Waals surface area contributed by atoms with Crippen molar-refractivity contribution in [1.29, 1.82) is 0 Å². The van der Waals surface area contributed by atoms with Crippen LogP contribution in [0.5, 0.6) is 0 Å². The molecule has 16 nitrogen and oxygen atoms in total.